The van der Waals surface area contributed by atoms with E-state index < -0.39 is 0 Å². The predicted octanol–water partition coefficient (Wildman–Crippen LogP) is 3.82. The van der Waals surface area contributed by atoms with Crippen molar-refractivity contribution in [3.63, 3.8) is 0 Å². The lowest BCUT2D eigenvalue weighted by atomic mass is 10.2. The average Bonchev–Trinajstić information content (AvgIpc) is 2.90. The van der Waals surface area contributed by atoms with Crippen molar-refractivity contribution in [3.8, 4) is 11.4 Å². The number of ether oxygens (including phenoxy) is 1. The lowest BCUT2D eigenvalue weighted by Gasteiger charge is -2.07. The number of rotatable bonds is 2. The van der Waals surface area contributed by atoms with Gasteiger partial charge in [0.15, 0.2) is 0 Å². The molecule has 1 aromatic carbocycles. The first-order chi connectivity index (χ1) is 9.20. The number of nitrogen functional groups attached to an aromatic ring is 1. The second-order valence-electron chi connectivity index (χ2n) is 3.34. The molecule has 0 spiro atoms. The third-order valence-corrected chi connectivity index (χ3v) is 2.27. The van der Waals surface area contributed by atoms with E-state index in [-0.39, 0.29) is 0 Å². The van der Waals surface area contributed by atoms with Gasteiger partial charge in [0.1, 0.15) is 11.6 Å². The molecule has 0 bridgehead atoms. The van der Waals surface area contributed by atoms with Crippen LogP contribution in [0.25, 0.3) is 5.69 Å². The van der Waals surface area contributed by atoms with Gasteiger partial charge < -0.3 is 10.5 Å². The molecule has 2 rings (SSSR count). The summed E-state index contributed by atoms with van der Waals surface area (Å²) in [5.74, 6) is 1.36. The lowest BCUT2D eigenvalue weighted by molar-refractivity contribution is 0.411. The van der Waals surface area contributed by atoms with E-state index in [2.05, 4.69) is 5.10 Å². The van der Waals surface area contributed by atoms with Crippen molar-refractivity contribution in [2.75, 3.05) is 12.8 Å². The van der Waals surface area contributed by atoms with Gasteiger partial charge in [-0.05, 0) is 18.6 Å². The molecule has 0 fully saturated rings. The highest BCUT2D eigenvalue weighted by Gasteiger charge is 2.02. The summed E-state index contributed by atoms with van der Waals surface area (Å²) in [6, 6.07) is 7.66. The summed E-state index contributed by atoms with van der Waals surface area (Å²) in [6.45, 7) is 10.0. The molecule has 1 heterocycles. The Kier molecular flexibility index (Phi) is 8.09. The first kappa shape index (κ1) is 17.0. The molecule has 0 aliphatic rings. The van der Waals surface area contributed by atoms with Crippen LogP contribution in [0.2, 0.25) is 0 Å². The van der Waals surface area contributed by atoms with E-state index in [9.17, 15) is 0 Å². The van der Waals surface area contributed by atoms with Gasteiger partial charge in [-0.15, -0.1) is 0 Å². The van der Waals surface area contributed by atoms with E-state index >= 15 is 0 Å². The van der Waals surface area contributed by atoms with E-state index in [0.717, 1.165) is 17.0 Å². The van der Waals surface area contributed by atoms with Crippen molar-refractivity contribution in [3.05, 3.63) is 36.0 Å². The van der Waals surface area contributed by atoms with Crippen molar-refractivity contribution in [2.45, 2.75) is 34.6 Å². The molecule has 0 amide bonds. The van der Waals surface area contributed by atoms with E-state index in [4.69, 9.17) is 10.5 Å². The molecule has 0 saturated carbocycles. The highest BCUT2D eigenvalue weighted by Crippen LogP contribution is 2.21. The van der Waals surface area contributed by atoms with E-state index in [0.29, 0.717) is 5.82 Å². The molecule has 2 N–H and O–H groups in total. The molecule has 0 atom stereocenters. The van der Waals surface area contributed by atoms with Crippen LogP contribution in [0.1, 0.15) is 33.3 Å². The Labute approximate surface area is 116 Å². The summed E-state index contributed by atoms with van der Waals surface area (Å²) in [5, 5.41) is 4.12. The molecule has 4 heteroatoms. The molecule has 0 saturated heterocycles. The Morgan fingerprint density at radius 1 is 1.11 bits per heavy atom. The molecule has 0 aliphatic carbocycles. The van der Waals surface area contributed by atoms with Crippen molar-refractivity contribution in [2.24, 2.45) is 0 Å². The van der Waals surface area contributed by atoms with Crippen LogP contribution in [-0.2, 0) is 0 Å². The van der Waals surface area contributed by atoms with E-state index in [1.54, 1.807) is 17.9 Å². The summed E-state index contributed by atoms with van der Waals surface area (Å²) in [4.78, 5) is 0. The number of nitrogens with two attached hydrogens (primary N) is 1. The molecule has 0 radical (unpaired) electrons. The molecule has 4 nitrogen and oxygen atoms in total. The predicted molar refractivity (Wildman–Crippen MR) is 82.0 cm³/mol. The topological polar surface area (TPSA) is 53.1 Å². The molecule has 0 unspecified atom stereocenters. The van der Waals surface area contributed by atoms with Gasteiger partial charge in [0.2, 0.25) is 0 Å². The fourth-order valence-corrected chi connectivity index (χ4v) is 1.43. The summed E-state index contributed by atoms with van der Waals surface area (Å²) < 4.78 is 6.96. The number of anilines is 1. The van der Waals surface area contributed by atoms with Crippen molar-refractivity contribution < 1.29 is 4.74 Å². The molecule has 19 heavy (non-hydrogen) atoms. The number of hydrogen-bond acceptors (Lipinski definition) is 3. The maximum Gasteiger partial charge on any atom is 0.145 e. The Morgan fingerprint density at radius 3 is 2.21 bits per heavy atom. The van der Waals surface area contributed by atoms with Crippen molar-refractivity contribution in [1.82, 2.24) is 9.78 Å². The minimum atomic E-state index is 0.509. The Hall–Kier alpha value is -1.97. The Bertz CT molecular complexity index is 478. The largest absolute Gasteiger partial charge is 0.496 e. The summed E-state index contributed by atoms with van der Waals surface area (Å²) in [5.41, 5.74) is 7.59. The molecular weight excluding hydrogens is 238 g/mol. The minimum Gasteiger partial charge on any atom is -0.496 e. The maximum absolute atomic E-state index is 5.55. The summed E-state index contributed by atoms with van der Waals surface area (Å²) in [7, 11) is 1.66. The zero-order valence-electron chi connectivity index (χ0n) is 12.8. The van der Waals surface area contributed by atoms with Crippen LogP contribution in [0, 0.1) is 6.92 Å². The number of methoxy groups -OCH3 is 1. The fraction of sp³-hybridized carbons (Fsp3) is 0.400. The number of nitrogens with zero attached hydrogens (tertiary/aromatic N) is 2. The highest BCUT2D eigenvalue weighted by atomic mass is 16.5. The normalized spacial score (nSPS) is 8.74. The number of aromatic nitrogens is 2. The second-order valence-corrected chi connectivity index (χ2v) is 3.34. The number of benzene rings is 1. The molecular formula is C15H25N3O. The summed E-state index contributed by atoms with van der Waals surface area (Å²) in [6.07, 6.45) is 1.82. The van der Waals surface area contributed by atoms with Gasteiger partial charge >= 0.3 is 0 Å². The fourth-order valence-electron chi connectivity index (χ4n) is 1.43. The van der Waals surface area contributed by atoms with Gasteiger partial charge in [0.25, 0.3) is 0 Å². The zero-order chi connectivity index (χ0) is 14.8. The van der Waals surface area contributed by atoms with Gasteiger partial charge in [0.05, 0.1) is 12.8 Å². The van der Waals surface area contributed by atoms with Crippen molar-refractivity contribution in [1.29, 1.82) is 0 Å². The van der Waals surface area contributed by atoms with Gasteiger partial charge in [0, 0.05) is 18.3 Å². The standard InChI is InChI=1S/C11H13N3O.2C2H6/c1-8-3-4-9(7-10(8)15-2)14-6-5-11(12)13-14;2*1-2/h3-7H,1-2H3,(H2,12,13);2*1-2H3. The number of hydrogen-bond donors (Lipinski definition) is 1. The van der Waals surface area contributed by atoms with Crippen LogP contribution < -0.4 is 10.5 Å². The highest BCUT2D eigenvalue weighted by molar-refractivity contribution is 5.44. The molecule has 2 aromatic rings. The third-order valence-electron chi connectivity index (χ3n) is 2.27. The quantitative estimate of drug-likeness (QED) is 0.896. The smallest absolute Gasteiger partial charge is 0.145 e. The molecule has 106 valence electrons. The van der Waals surface area contributed by atoms with Crippen LogP contribution in [0.3, 0.4) is 0 Å². The SMILES string of the molecule is CC.CC.COc1cc(-n2ccc(N)n2)ccc1C. The van der Waals surface area contributed by atoms with Crippen molar-refractivity contribution >= 4 is 5.82 Å². The van der Waals surface area contributed by atoms with Crippen LogP contribution in [0.5, 0.6) is 5.75 Å². The Morgan fingerprint density at radius 2 is 1.74 bits per heavy atom. The van der Waals surface area contributed by atoms with Gasteiger partial charge in [-0.25, -0.2) is 4.68 Å². The van der Waals surface area contributed by atoms with Crippen LogP contribution in [-0.4, -0.2) is 16.9 Å². The average molecular weight is 263 g/mol. The summed E-state index contributed by atoms with van der Waals surface area (Å²) >= 11 is 0. The monoisotopic (exact) mass is 263 g/mol. The van der Waals surface area contributed by atoms with Crippen LogP contribution >= 0.6 is 0 Å². The van der Waals surface area contributed by atoms with Gasteiger partial charge in [-0.2, -0.15) is 5.10 Å². The van der Waals surface area contributed by atoms with E-state index in [1.807, 2.05) is 59.0 Å². The first-order valence-electron chi connectivity index (χ1n) is 6.67. The Balaban J connectivity index is 0.000000741. The van der Waals surface area contributed by atoms with Crippen LogP contribution in [0.15, 0.2) is 30.5 Å². The van der Waals surface area contributed by atoms with E-state index in [1.165, 1.54) is 0 Å². The van der Waals surface area contributed by atoms with Gasteiger partial charge in [-0.1, -0.05) is 33.8 Å². The first-order valence-corrected chi connectivity index (χ1v) is 6.67. The molecule has 0 aliphatic heterocycles. The molecule has 1 aromatic heterocycles. The van der Waals surface area contributed by atoms with Gasteiger partial charge in [-0.3, -0.25) is 0 Å². The van der Waals surface area contributed by atoms with Crippen LogP contribution in [0.4, 0.5) is 5.82 Å². The zero-order valence-corrected chi connectivity index (χ0v) is 12.8. The minimum absolute atomic E-state index is 0.509. The second kappa shape index (κ2) is 9.03. The lowest BCUT2D eigenvalue weighted by Crippen LogP contribution is -1.97. The number of aryl methyl sites for hydroxylation is 1. The third kappa shape index (κ3) is 4.66. The maximum atomic E-state index is 5.55.